The first-order chi connectivity index (χ1) is 6.06. The highest BCUT2D eigenvalue weighted by Gasteiger charge is 2.25. The molecule has 0 aromatic heterocycles. The number of alkyl halides is 3. The average Bonchev–Trinajstić information content (AvgIpc) is 2.01. The van der Waals surface area contributed by atoms with E-state index in [0.29, 0.717) is 6.54 Å². The molecule has 0 heterocycles. The summed E-state index contributed by atoms with van der Waals surface area (Å²) in [4.78, 5) is 0. The zero-order valence-corrected chi connectivity index (χ0v) is 7.66. The predicted octanol–water partition coefficient (Wildman–Crippen LogP) is 2.88. The first kappa shape index (κ1) is 12.5. The third kappa shape index (κ3) is 11.5. The molecule has 0 rings (SSSR count). The molecule has 0 unspecified atom stereocenters. The van der Waals surface area contributed by atoms with E-state index in [1.165, 1.54) is 0 Å². The van der Waals surface area contributed by atoms with Crippen LogP contribution in [0.3, 0.4) is 0 Å². The molecule has 0 bridgehead atoms. The largest absolute Gasteiger partial charge is 0.401 e. The van der Waals surface area contributed by atoms with E-state index in [9.17, 15) is 13.2 Å². The van der Waals surface area contributed by atoms with Crippen LogP contribution in [0.25, 0.3) is 0 Å². The third-order valence-corrected chi connectivity index (χ3v) is 1.59. The lowest BCUT2D eigenvalue weighted by atomic mass is 10.2. The SMILES string of the molecule is C=CCCCCCNCC(F)(F)F. The van der Waals surface area contributed by atoms with E-state index in [-0.39, 0.29) is 0 Å². The van der Waals surface area contributed by atoms with Crippen LogP contribution >= 0.6 is 0 Å². The molecule has 13 heavy (non-hydrogen) atoms. The van der Waals surface area contributed by atoms with Crippen molar-refractivity contribution in [2.24, 2.45) is 0 Å². The molecule has 0 aliphatic carbocycles. The van der Waals surface area contributed by atoms with Gasteiger partial charge in [-0.2, -0.15) is 13.2 Å². The van der Waals surface area contributed by atoms with Gasteiger partial charge in [-0.1, -0.05) is 12.5 Å². The number of hydrogen-bond acceptors (Lipinski definition) is 1. The Balaban J connectivity index is 3.04. The average molecular weight is 195 g/mol. The van der Waals surface area contributed by atoms with Gasteiger partial charge in [0.05, 0.1) is 6.54 Å². The lowest BCUT2D eigenvalue weighted by molar-refractivity contribution is -0.124. The summed E-state index contributed by atoms with van der Waals surface area (Å²) in [5.41, 5.74) is 0. The molecule has 0 radical (unpaired) electrons. The Hall–Kier alpha value is -0.510. The first-order valence-corrected chi connectivity index (χ1v) is 4.44. The normalized spacial score (nSPS) is 11.6. The summed E-state index contributed by atoms with van der Waals surface area (Å²) in [5.74, 6) is 0. The lowest BCUT2D eigenvalue weighted by Crippen LogP contribution is -2.29. The summed E-state index contributed by atoms with van der Waals surface area (Å²) in [7, 11) is 0. The summed E-state index contributed by atoms with van der Waals surface area (Å²) >= 11 is 0. The maximum Gasteiger partial charge on any atom is 0.401 e. The van der Waals surface area contributed by atoms with Crippen LogP contribution < -0.4 is 5.32 Å². The van der Waals surface area contributed by atoms with E-state index < -0.39 is 12.7 Å². The molecule has 0 aliphatic rings. The van der Waals surface area contributed by atoms with Gasteiger partial charge < -0.3 is 5.32 Å². The van der Waals surface area contributed by atoms with E-state index >= 15 is 0 Å². The first-order valence-electron chi connectivity index (χ1n) is 4.44. The number of halogens is 3. The molecule has 78 valence electrons. The Morgan fingerprint density at radius 1 is 1.15 bits per heavy atom. The minimum Gasteiger partial charge on any atom is -0.309 e. The van der Waals surface area contributed by atoms with Crippen LogP contribution in [0.2, 0.25) is 0 Å². The highest BCUT2D eigenvalue weighted by molar-refractivity contribution is 4.65. The Labute approximate surface area is 77.0 Å². The fraction of sp³-hybridized carbons (Fsp3) is 0.778. The van der Waals surface area contributed by atoms with Crippen LogP contribution in [-0.4, -0.2) is 19.3 Å². The number of allylic oxidation sites excluding steroid dienone is 1. The quantitative estimate of drug-likeness (QED) is 0.486. The van der Waals surface area contributed by atoms with Crippen molar-refractivity contribution in [3.63, 3.8) is 0 Å². The van der Waals surface area contributed by atoms with E-state index in [1.54, 1.807) is 0 Å². The van der Waals surface area contributed by atoms with Crippen LogP contribution in [-0.2, 0) is 0 Å². The van der Waals surface area contributed by atoms with Crippen molar-refractivity contribution in [1.29, 1.82) is 0 Å². The summed E-state index contributed by atoms with van der Waals surface area (Å²) < 4.78 is 34.8. The summed E-state index contributed by atoms with van der Waals surface area (Å²) in [6, 6.07) is 0. The van der Waals surface area contributed by atoms with Gasteiger partial charge in [0.2, 0.25) is 0 Å². The smallest absolute Gasteiger partial charge is 0.309 e. The number of unbranched alkanes of at least 4 members (excludes halogenated alkanes) is 3. The van der Waals surface area contributed by atoms with E-state index in [1.807, 2.05) is 6.08 Å². The van der Waals surface area contributed by atoms with Crippen LogP contribution in [0.1, 0.15) is 25.7 Å². The molecule has 0 aliphatic heterocycles. The maximum atomic E-state index is 11.6. The molecule has 0 atom stereocenters. The monoisotopic (exact) mass is 195 g/mol. The molecule has 4 heteroatoms. The second-order valence-corrected chi connectivity index (χ2v) is 2.93. The van der Waals surface area contributed by atoms with Gasteiger partial charge in [0, 0.05) is 0 Å². The summed E-state index contributed by atoms with van der Waals surface area (Å²) in [6.45, 7) is 3.12. The third-order valence-electron chi connectivity index (χ3n) is 1.59. The Kier molecular flexibility index (Phi) is 6.68. The Bertz CT molecular complexity index is 131. The van der Waals surface area contributed by atoms with Gasteiger partial charge in [0.15, 0.2) is 0 Å². The molecule has 0 fully saturated rings. The van der Waals surface area contributed by atoms with E-state index in [2.05, 4.69) is 11.9 Å². The standard InChI is InChI=1S/C9H16F3N/c1-2-3-4-5-6-7-13-8-9(10,11)12/h2,13H,1,3-8H2. The fourth-order valence-electron chi connectivity index (χ4n) is 0.946. The van der Waals surface area contributed by atoms with E-state index in [0.717, 1.165) is 25.7 Å². The number of hydrogen-bond donors (Lipinski definition) is 1. The highest BCUT2D eigenvalue weighted by Crippen LogP contribution is 2.12. The molecule has 0 spiro atoms. The van der Waals surface area contributed by atoms with Crippen LogP contribution in [0.4, 0.5) is 13.2 Å². The fourth-order valence-corrected chi connectivity index (χ4v) is 0.946. The minimum absolute atomic E-state index is 0.441. The van der Waals surface area contributed by atoms with Crippen LogP contribution in [0, 0.1) is 0 Å². The zero-order chi connectivity index (χ0) is 10.2. The highest BCUT2D eigenvalue weighted by atomic mass is 19.4. The van der Waals surface area contributed by atoms with E-state index in [4.69, 9.17) is 0 Å². The summed E-state index contributed by atoms with van der Waals surface area (Å²) in [5, 5.41) is 2.35. The van der Waals surface area contributed by atoms with Crippen LogP contribution in [0.15, 0.2) is 12.7 Å². The predicted molar refractivity (Wildman–Crippen MR) is 47.6 cm³/mol. The minimum atomic E-state index is -4.08. The van der Waals surface area contributed by atoms with Crippen molar-refractivity contribution >= 4 is 0 Å². The van der Waals surface area contributed by atoms with Gasteiger partial charge in [-0.05, 0) is 25.8 Å². The molecule has 1 nitrogen and oxygen atoms in total. The molecule has 0 saturated carbocycles. The molecule has 0 saturated heterocycles. The second kappa shape index (κ2) is 6.95. The van der Waals surface area contributed by atoms with Gasteiger partial charge in [0.25, 0.3) is 0 Å². The number of nitrogens with one attached hydrogen (secondary N) is 1. The van der Waals surface area contributed by atoms with Crippen molar-refractivity contribution in [3.05, 3.63) is 12.7 Å². The van der Waals surface area contributed by atoms with Gasteiger partial charge in [-0.15, -0.1) is 6.58 Å². The Morgan fingerprint density at radius 2 is 1.85 bits per heavy atom. The van der Waals surface area contributed by atoms with Crippen molar-refractivity contribution in [2.45, 2.75) is 31.9 Å². The summed E-state index contributed by atoms with van der Waals surface area (Å²) in [6.07, 6.45) is 1.45. The van der Waals surface area contributed by atoms with Gasteiger partial charge in [-0.25, -0.2) is 0 Å². The van der Waals surface area contributed by atoms with Crippen molar-refractivity contribution in [2.75, 3.05) is 13.1 Å². The number of rotatable bonds is 7. The second-order valence-electron chi connectivity index (χ2n) is 2.93. The molecule has 0 amide bonds. The Morgan fingerprint density at radius 3 is 2.38 bits per heavy atom. The topological polar surface area (TPSA) is 12.0 Å². The molecule has 0 aromatic carbocycles. The maximum absolute atomic E-state index is 11.6. The van der Waals surface area contributed by atoms with Gasteiger partial charge >= 0.3 is 6.18 Å². The zero-order valence-electron chi connectivity index (χ0n) is 7.66. The molecule has 1 N–H and O–H groups in total. The molecular formula is C9H16F3N. The van der Waals surface area contributed by atoms with Gasteiger partial charge in [-0.3, -0.25) is 0 Å². The van der Waals surface area contributed by atoms with Crippen molar-refractivity contribution in [1.82, 2.24) is 5.32 Å². The van der Waals surface area contributed by atoms with Crippen LogP contribution in [0.5, 0.6) is 0 Å². The van der Waals surface area contributed by atoms with Gasteiger partial charge in [0.1, 0.15) is 0 Å². The van der Waals surface area contributed by atoms with Crippen molar-refractivity contribution < 1.29 is 13.2 Å². The molecular weight excluding hydrogens is 179 g/mol. The lowest BCUT2D eigenvalue weighted by Gasteiger charge is -2.07. The molecule has 0 aromatic rings. The van der Waals surface area contributed by atoms with Crippen molar-refractivity contribution in [3.8, 4) is 0 Å².